The Hall–Kier alpha value is -1.68. The molecule has 27 heavy (non-hydrogen) atoms. The van der Waals surface area contributed by atoms with Gasteiger partial charge in [0, 0.05) is 44.5 Å². The lowest BCUT2D eigenvalue weighted by atomic mass is 10.2. The predicted octanol–water partition coefficient (Wildman–Crippen LogP) is 2.70. The molecule has 1 aliphatic rings. The fraction of sp³-hybridized carbons (Fsp3) is 0.562. The number of aromatic nitrogens is 1. The number of alkyl halides is 3. The molecule has 2 heterocycles. The molecule has 2 rings (SSSR count). The van der Waals surface area contributed by atoms with Crippen molar-refractivity contribution in [2.75, 3.05) is 49.7 Å². The number of ether oxygens (including phenoxy) is 1. The third-order valence-electron chi connectivity index (χ3n) is 3.99. The Morgan fingerprint density at radius 2 is 1.96 bits per heavy atom. The van der Waals surface area contributed by atoms with Crippen LogP contribution in [0.1, 0.15) is 12.0 Å². The van der Waals surface area contributed by atoms with Crippen LogP contribution in [-0.4, -0.2) is 66.6 Å². The van der Waals surface area contributed by atoms with E-state index in [-0.39, 0.29) is 28.5 Å². The third kappa shape index (κ3) is 6.17. The highest BCUT2D eigenvalue weighted by Crippen LogP contribution is 2.33. The van der Waals surface area contributed by atoms with Crippen LogP contribution in [0, 0.1) is 0 Å². The molecule has 6 nitrogen and oxygen atoms in total. The Balaban J connectivity index is 1.83. The van der Waals surface area contributed by atoms with E-state index in [1.807, 2.05) is 0 Å². The summed E-state index contributed by atoms with van der Waals surface area (Å²) in [4.78, 5) is 30.5. The van der Waals surface area contributed by atoms with Crippen molar-refractivity contribution >= 4 is 41.1 Å². The molecule has 1 fully saturated rings. The zero-order chi connectivity index (χ0) is 20.0. The van der Waals surface area contributed by atoms with E-state index in [4.69, 9.17) is 11.6 Å². The summed E-state index contributed by atoms with van der Waals surface area (Å²) in [5.74, 6) is 0.640. The minimum absolute atomic E-state index is 0.0292. The number of thioether (sulfide) groups is 1. The van der Waals surface area contributed by atoms with Gasteiger partial charge in [0.2, 0.25) is 5.91 Å². The summed E-state index contributed by atoms with van der Waals surface area (Å²) in [5.41, 5.74) is -0.894. The lowest BCUT2D eigenvalue weighted by Crippen LogP contribution is -2.49. The van der Waals surface area contributed by atoms with Gasteiger partial charge in [-0.3, -0.25) is 9.59 Å². The van der Waals surface area contributed by atoms with Crippen LogP contribution < -0.4 is 4.90 Å². The Kier molecular flexibility index (Phi) is 7.60. The van der Waals surface area contributed by atoms with Crippen molar-refractivity contribution < 1.29 is 27.5 Å². The number of hydrogen-bond acceptors (Lipinski definition) is 6. The summed E-state index contributed by atoms with van der Waals surface area (Å²) in [6, 6.07) is 0.861. The molecule has 1 aromatic heterocycles. The van der Waals surface area contributed by atoms with Crippen LogP contribution in [0.5, 0.6) is 0 Å². The molecule has 0 aliphatic carbocycles. The Bertz CT molecular complexity index is 683. The summed E-state index contributed by atoms with van der Waals surface area (Å²) < 4.78 is 42.6. The molecule has 1 aliphatic heterocycles. The molecule has 0 atom stereocenters. The van der Waals surface area contributed by atoms with Crippen LogP contribution in [0.4, 0.5) is 19.0 Å². The third-order valence-corrected chi connectivity index (χ3v) is 5.20. The normalized spacial score (nSPS) is 15.0. The molecule has 0 radical (unpaired) electrons. The van der Waals surface area contributed by atoms with Gasteiger partial charge in [0.25, 0.3) is 0 Å². The van der Waals surface area contributed by atoms with Gasteiger partial charge >= 0.3 is 12.1 Å². The standard InChI is InChI=1S/C16H19ClF3N3O3S/c1-26-14(25)10-27-7-2-13(24)22-3-5-23(6-4-22)15-12(17)8-11(9-21-15)16(18,19)20/h8-9H,2-7,10H2,1H3. The maximum Gasteiger partial charge on any atom is 0.417 e. The van der Waals surface area contributed by atoms with E-state index in [0.717, 1.165) is 12.3 Å². The first kappa shape index (κ1) is 21.6. The second kappa shape index (κ2) is 9.50. The quantitative estimate of drug-likeness (QED) is 0.516. The van der Waals surface area contributed by atoms with Crippen molar-refractivity contribution in [3.05, 3.63) is 22.8 Å². The monoisotopic (exact) mass is 425 g/mol. The average Bonchev–Trinajstić information content (AvgIpc) is 2.64. The zero-order valence-electron chi connectivity index (χ0n) is 14.6. The Morgan fingerprint density at radius 3 is 2.52 bits per heavy atom. The molecule has 11 heteroatoms. The van der Waals surface area contributed by atoms with Gasteiger partial charge in [-0.2, -0.15) is 13.2 Å². The second-order valence-corrected chi connectivity index (χ2v) is 7.29. The minimum atomic E-state index is -4.49. The number of amides is 1. The first-order valence-corrected chi connectivity index (χ1v) is 9.65. The Labute approximate surface area is 164 Å². The number of esters is 1. The Morgan fingerprint density at radius 1 is 1.30 bits per heavy atom. The number of pyridine rings is 1. The second-order valence-electron chi connectivity index (χ2n) is 5.77. The maximum atomic E-state index is 12.7. The lowest BCUT2D eigenvalue weighted by Gasteiger charge is -2.35. The van der Waals surface area contributed by atoms with Gasteiger partial charge in [-0.1, -0.05) is 11.6 Å². The number of anilines is 1. The van der Waals surface area contributed by atoms with E-state index in [1.165, 1.54) is 18.9 Å². The van der Waals surface area contributed by atoms with E-state index in [0.29, 0.717) is 38.4 Å². The molecule has 0 unspecified atom stereocenters. The van der Waals surface area contributed by atoms with Gasteiger partial charge in [-0.15, -0.1) is 11.8 Å². The van der Waals surface area contributed by atoms with Gasteiger partial charge in [0.05, 0.1) is 23.4 Å². The van der Waals surface area contributed by atoms with Crippen LogP contribution in [0.15, 0.2) is 12.3 Å². The van der Waals surface area contributed by atoms with Crippen molar-refractivity contribution in [1.82, 2.24) is 9.88 Å². The van der Waals surface area contributed by atoms with Crippen LogP contribution in [0.3, 0.4) is 0 Å². The summed E-state index contributed by atoms with van der Waals surface area (Å²) in [7, 11) is 1.31. The van der Waals surface area contributed by atoms with Gasteiger partial charge in [0.1, 0.15) is 5.82 Å². The van der Waals surface area contributed by atoms with Crippen molar-refractivity contribution in [2.45, 2.75) is 12.6 Å². The summed E-state index contributed by atoms with van der Waals surface area (Å²) in [6.07, 6.45) is -3.43. The van der Waals surface area contributed by atoms with E-state index < -0.39 is 11.7 Å². The smallest absolute Gasteiger partial charge is 0.417 e. The van der Waals surface area contributed by atoms with Crippen LogP contribution >= 0.6 is 23.4 Å². The van der Waals surface area contributed by atoms with E-state index in [9.17, 15) is 22.8 Å². The lowest BCUT2D eigenvalue weighted by molar-refractivity contribution is -0.138. The highest BCUT2D eigenvalue weighted by Gasteiger charge is 2.32. The molecular formula is C16H19ClF3N3O3S. The van der Waals surface area contributed by atoms with Crippen LogP contribution in [-0.2, 0) is 20.5 Å². The van der Waals surface area contributed by atoms with E-state index >= 15 is 0 Å². The fourth-order valence-electron chi connectivity index (χ4n) is 2.52. The number of halogens is 4. The number of carbonyl (C=O) groups is 2. The van der Waals surface area contributed by atoms with Gasteiger partial charge < -0.3 is 14.5 Å². The summed E-state index contributed by atoms with van der Waals surface area (Å²) in [5, 5.41) is -0.0659. The van der Waals surface area contributed by atoms with E-state index in [1.54, 1.807) is 9.80 Å². The summed E-state index contributed by atoms with van der Waals surface area (Å²) in [6.45, 7) is 1.72. The molecule has 1 amide bonds. The number of piperazine rings is 1. The largest absolute Gasteiger partial charge is 0.468 e. The SMILES string of the molecule is COC(=O)CSCCC(=O)N1CCN(c2ncc(C(F)(F)F)cc2Cl)CC1. The molecule has 0 N–H and O–H groups in total. The zero-order valence-corrected chi connectivity index (χ0v) is 16.2. The number of nitrogens with zero attached hydrogens (tertiary/aromatic N) is 3. The molecule has 150 valence electrons. The molecule has 1 saturated heterocycles. The maximum absolute atomic E-state index is 12.7. The molecule has 0 bridgehead atoms. The number of rotatable bonds is 6. The fourth-order valence-corrected chi connectivity index (χ4v) is 3.55. The molecule has 1 aromatic rings. The first-order valence-electron chi connectivity index (χ1n) is 8.12. The van der Waals surface area contributed by atoms with Gasteiger partial charge in [-0.25, -0.2) is 4.98 Å². The predicted molar refractivity (Wildman–Crippen MR) is 97.0 cm³/mol. The molecular weight excluding hydrogens is 407 g/mol. The van der Waals surface area contributed by atoms with Gasteiger partial charge in [0.15, 0.2) is 0 Å². The first-order chi connectivity index (χ1) is 12.7. The van der Waals surface area contributed by atoms with Crippen LogP contribution in [0.2, 0.25) is 5.02 Å². The highest BCUT2D eigenvalue weighted by atomic mass is 35.5. The van der Waals surface area contributed by atoms with Crippen molar-refractivity contribution in [1.29, 1.82) is 0 Å². The van der Waals surface area contributed by atoms with Crippen molar-refractivity contribution in [2.24, 2.45) is 0 Å². The summed E-state index contributed by atoms with van der Waals surface area (Å²) >= 11 is 7.29. The molecule has 0 spiro atoms. The number of hydrogen-bond donors (Lipinski definition) is 0. The molecule has 0 aromatic carbocycles. The van der Waals surface area contributed by atoms with E-state index in [2.05, 4.69) is 9.72 Å². The molecule has 0 saturated carbocycles. The van der Waals surface area contributed by atoms with Crippen molar-refractivity contribution in [3.8, 4) is 0 Å². The van der Waals surface area contributed by atoms with Crippen molar-refractivity contribution in [3.63, 3.8) is 0 Å². The highest BCUT2D eigenvalue weighted by molar-refractivity contribution is 7.99. The number of carbonyl (C=O) groups excluding carboxylic acids is 2. The van der Waals surface area contributed by atoms with Crippen LogP contribution in [0.25, 0.3) is 0 Å². The minimum Gasteiger partial charge on any atom is -0.468 e. The average molecular weight is 426 g/mol. The number of methoxy groups -OCH3 is 1. The topological polar surface area (TPSA) is 62.7 Å². The van der Waals surface area contributed by atoms with Gasteiger partial charge in [-0.05, 0) is 6.07 Å².